The highest BCUT2D eigenvalue weighted by atomic mass is 16.7. The molecule has 0 bridgehead atoms. The molecular weight excluding hydrogens is 262 g/mol. The Morgan fingerprint density at radius 3 is 3.05 bits per heavy atom. The zero-order valence-corrected chi connectivity index (χ0v) is 10.6. The smallest absolute Gasteiger partial charge is 0.267 e. The van der Waals surface area contributed by atoms with E-state index in [1.165, 1.54) is 0 Å². The fourth-order valence-electron chi connectivity index (χ4n) is 2.05. The first-order chi connectivity index (χ1) is 9.74. The summed E-state index contributed by atoms with van der Waals surface area (Å²) in [6.07, 6.45) is 0.633. The fraction of sp³-hybridized carbons (Fsp3) is 0.308. The van der Waals surface area contributed by atoms with E-state index in [1.807, 2.05) is 18.2 Å². The van der Waals surface area contributed by atoms with Gasteiger partial charge >= 0.3 is 0 Å². The van der Waals surface area contributed by atoms with Crippen LogP contribution in [0.15, 0.2) is 23.3 Å². The van der Waals surface area contributed by atoms with E-state index < -0.39 is 0 Å². The summed E-state index contributed by atoms with van der Waals surface area (Å²) in [6.45, 7) is 0.511. The van der Waals surface area contributed by atoms with Gasteiger partial charge in [0.15, 0.2) is 11.5 Å². The summed E-state index contributed by atoms with van der Waals surface area (Å²) in [7, 11) is 0. The molecule has 7 nitrogen and oxygen atoms in total. The molecule has 1 aromatic rings. The van der Waals surface area contributed by atoms with Gasteiger partial charge in [0.1, 0.15) is 5.71 Å². The fourth-order valence-corrected chi connectivity index (χ4v) is 2.05. The number of hydrogen-bond donors (Lipinski definition) is 2. The molecule has 7 heteroatoms. The number of para-hydroxylation sites is 1. The second kappa shape index (κ2) is 5.20. The van der Waals surface area contributed by atoms with Crippen LogP contribution in [-0.4, -0.2) is 24.3 Å². The van der Waals surface area contributed by atoms with Crippen molar-refractivity contribution in [3.63, 3.8) is 0 Å². The van der Waals surface area contributed by atoms with Crippen LogP contribution >= 0.6 is 0 Å². The molecule has 0 unspecified atom stereocenters. The second-order valence-corrected chi connectivity index (χ2v) is 4.43. The minimum absolute atomic E-state index is 0.173. The number of benzene rings is 1. The molecule has 2 aliphatic rings. The summed E-state index contributed by atoms with van der Waals surface area (Å²) in [6, 6.07) is 5.51. The molecule has 1 aromatic carbocycles. The molecule has 3 rings (SSSR count). The van der Waals surface area contributed by atoms with Crippen molar-refractivity contribution in [1.29, 1.82) is 0 Å². The van der Waals surface area contributed by atoms with Crippen LogP contribution in [0, 0.1) is 0 Å². The first-order valence-electron chi connectivity index (χ1n) is 6.25. The molecule has 2 aliphatic heterocycles. The highest BCUT2D eigenvalue weighted by molar-refractivity contribution is 6.39. The third kappa shape index (κ3) is 2.42. The number of nitrogens with zero attached hydrogens (tertiary/aromatic N) is 1. The molecular formula is C13H13N3O4. The van der Waals surface area contributed by atoms with Crippen molar-refractivity contribution in [2.45, 2.75) is 19.4 Å². The summed E-state index contributed by atoms with van der Waals surface area (Å²) < 4.78 is 10.6. The Morgan fingerprint density at radius 1 is 1.35 bits per heavy atom. The zero-order valence-electron chi connectivity index (χ0n) is 10.6. The summed E-state index contributed by atoms with van der Waals surface area (Å²) in [4.78, 5) is 22.9. The lowest BCUT2D eigenvalue weighted by Gasteiger charge is -2.12. The summed E-state index contributed by atoms with van der Waals surface area (Å²) in [5, 5.41) is 6.50. The van der Waals surface area contributed by atoms with Gasteiger partial charge in [-0.05, 0) is 6.07 Å². The summed E-state index contributed by atoms with van der Waals surface area (Å²) >= 11 is 0. The Morgan fingerprint density at radius 2 is 2.25 bits per heavy atom. The number of amides is 2. The van der Waals surface area contributed by atoms with Crippen LogP contribution < -0.4 is 20.2 Å². The van der Waals surface area contributed by atoms with E-state index in [0.717, 1.165) is 5.56 Å². The summed E-state index contributed by atoms with van der Waals surface area (Å²) in [5.74, 6) is 0.875. The van der Waals surface area contributed by atoms with Crippen molar-refractivity contribution in [2.24, 2.45) is 5.10 Å². The predicted molar refractivity (Wildman–Crippen MR) is 69.2 cm³/mol. The third-order valence-corrected chi connectivity index (χ3v) is 3.08. The standard InChI is InChI=1S/C13H13N3O4/c17-11-5-4-9(15-16-11)13(18)14-6-8-2-1-3-10-12(8)20-7-19-10/h1-3H,4-7H2,(H,14,18)(H,16,17). The first kappa shape index (κ1) is 12.5. The Balaban J connectivity index is 1.64. The number of rotatable bonds is 3. The van der Waals surface area contributed by atoms with Crippen LogP contribution in [0.2, 0.25) is 0 Å². The number of ether oxygens (including phenoxy) is 2. The van der Waals surface area contributed by atoms with Crippen molar-refractivity contribution in [2.75, 3.05) is 6.79 Å². The molecule has 20 heavy (non-hydrogen) atoms. The average Bonchev–Trinajstić information content (AvgIpc) is 2.94. The van der Waals surface area contributed by atoms with Crippen molar-refractivity contribution in [1.82, 2.24) is 10.7 Å². The molecule has 2 N–H and O–H groups in total. The van der Waals surface area contributed by atoms with Crippen molar-refractivity contribution >= 4 is 17.5 Å². The van der Waals surface area contributed by atoms with Gasteiger partial charge in [-0.3, -0.25) is 9.59 Å². The van der Waals surface area contributed by atoms with Crippen LogP contribution in [0.3, 0.4) is 0 Å². The number of hydrazone groups is 1. The molecule has 0 saturated carbocycles. The Bertz CT molecular complexity index is 597. The molecule has 0 aliphatic carbocycles. The number of carbonyl (C=O) groups excluding carboxylic acids is 2. The second-order valence-electron chi connectivity index (χ2n) is 4.43. The van der Waals surface area contributed by atoms with Gasteiger partial charge in [-0.1, -0.05) is 12.1 Å². The number of hydrogen-bond acceptors (Lipinski definition) is 5. The molecule has 0 radical (unpaired) electrons. The first-order valence-corrected chi connectivity index (χ1v) is 6.25. The minimum atomic E-state index is -0.290. The maximum absolute atomic E-state index is 11.9. The number of nitrogens with one attached hydrogen (secondary N) is 2. The van der Waals surface area contributed by atoms with Crippen LogP contribution in [-0.2, 0) is 16.1 Å². The lowest BCUT2D eigenvalue weighted by Crippen LogP contribution is -2.36. The van der Waals surface area contributed by atoms with Gasteiger partial charge < -0.3 is 14.8 Å². The van der Waals surface area contributed by atoms with E-state index in [4.69, 9.17) is 9.47 Å². The zero-order chi connectivity index (χ0) is 13.9. The Kier molecular flexibility index (Phi) is 3.24. The van der Waals surface area contributed by atoms with E-state index in [9.17, 15) is 9.59 Å². The molecule has 0 aromatic heterocycles. The molecule has 0 saturated heterocycles. The van der Waals surface area contributed by atoms with Gasteiger partial charge in [-0.25, -0.2) is 5.43 Å². The molecule has 104 valence electrons. The summed E-state index contributed by atoms with van der Waals surface area (Å²) in [5.41, 5.74) is 3.47. The van der Waals surface area contributed by atoms with Crippen molar-refractivity contribution in [3.8, 4) is 11.5 Å². The largest absolute Gasteiger partial charge is 0.454 e. The molecule has 0 fully saturated rings. The quantitative estimate of drug-likeness (QED) is 0.830. The maximum Gasteiger partial charge on any atom is 0.267 e. The average molecular weight is 275 g/mol. The number of carbonyl (C=O) groups is 2. The van der Waals surface area contributed by atoms with Crippen LogP contribution in [0.1, 0.15) is 18.4 Å². The number of fused-ring (bicyclic) bond motifs is 1. The maximum atomic E-state index is 11.9. The predicted octanol–water partition coefficient (Wildman–Crippen LogP) is 0.297. The van der Waals surface area contributed by atoms with Crippen LogP contribution in [0.4, 0.5) is 0 Å². The van der Waals surface area contributed by atoms with Gasteiger partial charge in [0, 0.05) is 24.9 Å². The van der Waals surface area contributed by atoms with Crippen molar-refractivity contribution in [3.05, 3.63) is 23.8 Å². The molecule has 2 heterocycles. The topological polar surface area (TPSA) is 89.0 Å². The van der Waals surface area contributed by atoms with Gasteiger partial charge in [0.05, 0.1) is 0 Å². The highest BCUT2D eigenvalue weighted by Gasteiger charge is 2.20. The van der Waals surface area contributed by atoms with E-state index in [-0.39, 0.29) is 25.0 Å². The normalized spacial score (nSPS) is 16.4. The van der Waals surface area contributed by atoms with Gasteiger partial charge in [-0.15, -0.1) is 0 Å². The highest BCUT2D eigenvalue weighted by Crippen LogP contribution is 2.35. The lowest BCUT2D eigenvalue weighted by molar-refractivity contribution is -0.121. The van der Waals surface area contributed by atoms with Gasteiger partial charge in [-0.2, -0.15) is 5.10 Å². The third-order valence-electron chi connectivity index (χ3n) is 3.08. The van der Waals surface area contributed by atoms with E-state index in [2.05, 4.69) is 15.8 Å². The van der Waals surface area contributed by atoms with E-state index in [1.54, 1.807) is 0 Å². The van der Waals surface area contributed by atoms with Crippen LogP contribution in [0.25, 0.3) is 0 Å². The molecule has 0 spiro atoms. The van der Waals surface area contributed by atoms with E-state index >= 15 is 0 Å². The van der Waals surface area contributed by atoms with Crippen LogP contribution in [0.5, 0.6) is 11.5 Å². The Hall–Kier alpha value is -2.57. The van der Waals surface area contributed by atoms with Gasteiger partial charge in [0.25, 0.3) is 5.91 Å². The SMILES string of the molecule is O=C1CCC(C(=O)NCc2cccc3c2OCO3)=NN1. The minimum Gasteiger partial charge on any atom is -0.454 e. The molecule has 0 atom stereocenters. The Labute approximate surface area is 114 Å². The molecule has 2 amide bonds. The monoisotopic (exact) mass is 275 g/mol. The van der Waals surface area contributed by atoms with Crippen molar-refractivity contribution < 1.29 is 19.1 Å². The van der Waals surface area contributed by atoms with Gasteiger partial charge in [0.2, 0.25) is 12.7 Å². The van der Waals surface area contributed by atoms with E-state index in [0.29, 0.717) is 30.2 Å². The lowest BCUT2D eigenvalue weighted by atomic mass is 10.1.